The molecule has 0 aliphatic heterocycles. The van der Waals surface area contributed by atoms with Crippen LogP contribution in [0.1, 0.15) is 42.1 Å². The maximum Gasteiger partial charge on any atom is 0.251 e. The van der Waals surface area contributed by atoms with Crippen LogP contribution in [0.3, 0.4) is 0 Å². The van der Waals surface area contributed by atoms with E-state index in [-0.39, 0.29) is 11.9 Å². The Morgan fingerprint density at radius 3 is 2.60 bits per heavy atom. The largest absolute Gasteiger partial charge is 0.497 e. The maximum atomic E-state index is 12.8. The number of pyridine rings is 1. The highest BCUT2D eigenvalue weighted by molar-refractivity contribution is 5.94. The van der Waals surface area contributed by atoms with Crippen LogP contribution in [-0.4, -0.2) is 24.0 Å². The summed E-state index contributed by atoms with van der Waals surface area (Å²) in [6.07, 6.45) is 7.39. The topological polar surface area (TPSA) is 63.2 Å². The van der Waals surface area contributed by atoms with Crippen LogP contribution in [0.4, 0.5) is 11.4 Å². The average Bonchev–Trinajstić information content (AvgIpc) is 2.78. The molecule has 2 aromatic carbocycles. The lowest BCUT2D eigenvalue weighted by Gasteiger charge is -2.19. The number of anilines is 2. The number of unbranched alkanes of at least 4 members (excludes halogenated alkanes) is 1. The summed E-state index contributed by atoms with van der Waals surface area (Å²) >= 11 is 0. The number of carbonyl (C=O) groups is 1. The molecule has 2 N–H and O–H groups in total. The molecule has 1 heterocycles. The highest BCUT2D eigenvalue weighted by atomic mass is 16.5. The van der Waals surface area contributed by atoms with Gasteiger partial charge in [-0.05, 0) is 66.9 Å². The van der Waals surface area contributed by atoms with Crippen molar-refractivity contribution in [3.05, 3.63) is 84.2 Å². The molecule has 0 fully saturated rings. The second kappa shape index (κ2) is 11.0. The molecular weight excluding hydrogens is 374 g/mol. The van der Waals surface area contributed by atoms with Crippen molar-refractivity contribution in [3.63, 3.8) is 0 Å². The van der Waals surface area contributed by atoms with Crippen molar-refractivity contribution in [2.45, 2.75) is 38.6 Å². The highest BCUT2D eigenvalue weighted by Crippen LogP contribution is 2.18. The van der Waals surface area contributed by atoms with Crippen LogP contribution in [-0.2, 0) is 6.42 Å². The first kappa shape index (κ1) is 21.4. The minimum atomic E-state index is -0.0491. The molecule has 0 aliphatic rings. The predicted molar refractivity (Wildman–Crippen MR) is 121 cm³/mol. The Morgan fingerprint density at radius 1 is 1.07 bits per heavy atom. The fourth-order valence-electron chi connectivity index (χ4n) is 3.34. The average molecular weight is 404 g/mol. The normalized spacial score (nSPS) is 11.5. The van der Waals surface area contributed by atoms with Crippen molar-refractivity contribution in [2.24, 2.45) is 0 Å². The highest BCUT2D eigenvalue weighted by Gasteiger charge is 2.15. The Bertz CT molecular complexity index is 927. The molecule has 1 atom stereocenters. The van der Waals surface area contributed by atoms with Gasteiger partial charge in [-0.2, -0.15) is 0 Å². The molecule has 1 aromatic heterocycles. The molecule has 0 aliphatic carbocycles. The number of carbonyl (C=O) groups excluding carboxylic acids is 1. The predicted octanol–water partition coefficient (Wildman–Crippen LogP) is 5.37. The lowest BCUT2D eigenvalue weighted by molar-refractivity contribution is 0.0934. The van der Waals surface area contributed by atoms with E-state index >= 15 is 0 Å². The summed E-state index contributed by atoms with van der Waals surface area (Å²) in [7, 11) is 1.67. The number of nitrogens with one attached hydrogen (secondary N) is 2. The molecule has 0 bridgehead atoms. The Hall–Kier alpha value is -3.34. The van der Waals surface area contributed by atoms with Gasteiger partial charge in [0.2, 0.25) is 0 Å². The summed E-state index contributed by atoms with van der Waals surface area (Å²) in [5.74, 6) is 0.789. The van der Waals surface area contributed by atoms with Crippen LogP contribution in [0.2, 0.25) is 0 Å². The smallest absolute Gasteiger partial charge is 0.251 e. The van der Waals surface area contributed by atoms with E-state index in [1.807, 2.05) is 54.6 Å². The van der Waals surface area contributed by atoms with Gasteiger partial charge >= 0.3 is 0 Å². The van der Waals surface area contributed by atoms with Gasteiger partial charge in [0, 0.05) is 23.5 Å². The van der Waals surface area contributed by atoms with Crippen LogP contribution < -0.4 is 15.4 Å². The molecule has 30 heavy (non-hydrogen) atoms. The van der Waals surface area contributed by atoms with Crippen molar-refractivity contribution >= 4 is 17.3 Å². The number of amides is 1. The number of benzene rings is 2. The minimum absolute atomic E-state index is 0.0491. The summed E-state index contributed by atoms with van der Waals surface area (Å²) in [6, 6.07) is 19.4. The van der Waals surface area contributed by atoms with Gasteiger partial charge < -0.3 is 15.4 Å². The number of rotatable bonds is 10. The quantitative estimate of drug-likeness (QED) is 0.478. The molecule has 3 aromatic rings. The van der Waals surface area contributed by atoms with Crippen LogP contribution in [0.15, 0.2) is 73.1 Å². The van der Waals surface area contributed by atoms with E-state index in [0.717, 1.165) is 48.4 Å². The minimum Gasteiger partial charge on any atom is -0.497 e. The third-order valence-corrected chi connectivity index (χ3v) is 4.95. The van der Waals surface area contributed by atoms with E-state index in [0.29, 0.717) is 5.56 Å². The van der Waals surface area contributed by atoms with Gasteiger partial charge in [0.15, 0.2) is 0 Å². The number of ether oxygens (including phenoxy) is 1. The Balaban J connectivity index is 1.64. The first-order valence-corrected chi connectivity index (χ1v) is 10.4. The van der Waals surface area contributed by atoms with Gasteiger partial charge in [0.05, 0.1) is 19.0 Å². The van der Waals surface area contributed by atoms with Crippen molar-refractivity contribution in [1.29, 1.82) is 0 Å². The number of methoxy groups -OCH3 is 1. The zero-order chi connectivity index (χ0) is 21.2. The van der Waals surface area contributed by atoms with Gasteiger partial charge in [-0.15, -0.1) is 0 Å². The molecular formula is C25H29N3O2. The first-order valence-electron chi connectivity index (χ1n) is 10.4. The second-order valence-electron chi connectivity index (χ2n) is 7.31. The molecule has 0 radical (unpaired) electrons. The SMILES string of the molecule is CCCC[C@@H](Cc1cccc(OC)c1)NC(=O)c1ccc(Nc2cccnc2)cc1. The first-order chi connectivity index (χ1) is 14.7. The summed E-state index contributed by atoms with van der Waals surface area (Å²) in [6.45, 7) is 2.17. The van der Waals surface area contributed by atoms with Gasteiger partial charge in [-0.25, -0.2) is 0 Å². The second-order valence-corrected chi connectivity index (χ2v) is 7.31. The third-order valence-electron chi connectivity index (χ3n) is 4.95. The van der Waals surface area contributed by atoms with Gasteiger partial charge in [0.1, 0.15) is 5.75 Å². The molecule has 3 rings (SSSR count). The summed E-state index contributed by atoms with van der Waals surface area (Å²) in [4.78, 5) is 16.9. The lowest BCUT2D eigenvalue weighted by Crippen LogP contribution is -2.36. The Kier molecular flexibility index (Phi) is 7.84. The number of nitrogens with zero attached hydrogens (tertiary/aromatic N) is 1. The Morgan fingerprint density at radius 2 is 1.90 bits per heavy atom. The summed E-state index contributed by atoms with van der Waals surface area (Å²) < 4.78 is 5.32. The Labute approximate surface area is 178 Å². The molecule has 0 saturated heterocycles. The summed E-state index contributed by atoms with van der Waals surface area (Å²) in [5.41, 5.74) is 3.64. The molecule has 0 saturated carbocycles. The number of hydrogen-bond donors (Lipinski definition) is 2. The lowest BCUT2D eigenvalue weighted by atomic mass is 10.00. The van der Waals surface area contributed by atoms with Crippen LogP contribution in [0, 0.1) is 0 Å². The molecule has 5 nitrogen and oxygen atoms in total. The zero-order valence-electron chi connectivity index (χ0n) is 17.6. The van der Waals surface area contributed by atoms with Crippen LogP contribution in [0.5, 0.6) is 5.75 Å². The van der Waals surface area contributed by atoms with Crippen molar-refractivity contribution in [2.75, 3.05) is 12.4 Å². The van der Waals surface area contributed by atoms with E-state index in [1.54, 1.807) is 19.5 Å². The van der Waals surface area contributed by atoms with Crippen LogP contribution >= 0.6 is 0 Å². The fraction of sp³-hybridized carbons (Fsp3) is 0.280. The van der Waals surface area contributed by atoms with Crippen molar-refractivity contribution < 1.29 is 9.53 Å². The number of aromatic nitrogens is 1. The van der Waals surface area contributed by atoms with Crippen LogP contribution in [0.25, 0.3) is 0 Å². The van der Waals surface area contributed by atoms with Crippen molar-refractivity contribution in [1.82, 2.24) is 10.3 Å². The van der Waals surface area contributed by atoms with E-state index in [4.69, 9.17) is 4.74 Å². The maximum absolute atomic E-state index is 12.8. The molecule has 5 heteroatoms. The molecule has 0 spiro atoms. The van der Waals surface area contributed by atoms with Gasteiger partial charge in [-0.1, -0.05) is 31.9 Å². The molecule has 156 valence electrons. The zero-order valence-corrected chi connectivity index (χ0v) is 17.6. The standard InChI is InChI=1S/C25H29N3O2/c1-3-4-8-22(16-19-7-5-10-24(17-19)30-2)28-25(29)20-11-13-21(14-12-20)27-23-9-6-15-26-18-23/h5-7,9-15,17-18,22,27H,3-4,8,16H2,1-2H3,(H,28,29)/t22-/m0/s1. The summed E-state index contributed by atoms with van der Waals surface area (Å²) in [5, 5.41) is 6.49. The third kappa shape index (κ3) is 6.34. The molecule has 1 amide bonds. The van der Waals surface area contributed by atoms with E-state index in [2.05, 4.69) is 28.6 Å². The fourth-order valence-corrected chi connectivity index (χ4v) is 3.34. The molecule has 0 unspecified atom stereocenters. The van der Waals surface area contributed by atoms with Crippen molar-refractivity contribution in [3.8, 4) is 5.75 Å². The van der Waals surface area contributed by atoms with E-state index in [9.17, 15) is 4.79 Å². The van der Waals surface area contributed by atoms with Gasteiger partial charge in [0.25, 0.3) is 5.91 Å². The van der Waals surface area contributed by atoms with E-state index < -0.39 is 0 Å². The van der Waals surface area contributed by atoms with E-state index in [1.165, 1.54) is 0 Å². The number of hydrogen-bond acceptors (Lipinski definition) is 4. The van der Waals surface area contributed by atoms with Gasteiger partial charge in [-0.3, -0.25) is 9.78 Å². The monoisotopic (exact) mass is 403 g/mol.